The summed E-state index contributed by atoms with van der Waals surface area (Å²) in [5, 5.41) is 10.0. The second kappa shape index (κ2) is 24.4. The Hall–Kier alpha value is -5.86. The zero-order valence-electron chi connectivity index (χ0n) is 36.0. The van der Waals surface area contributed by atoms with E-state index in [-0.39, 0.29) is 68.6 Å². The number of alkyl carbamates (subject to hydrolysis) is 1. The molecule has 0 radical (unpaired) electrons. The number of nitrogens with zero attached hydrogens (tertiary/aromatic N) is 2. The predicted octanol–water partition coefficient (Wildman–Crippen LogP) is 7.03. The monoisotopic (exact) mass is 842 g/mol. The number of ether oxygens (including phenoxy) is 1. The van der Waals surface area contributed by atoms with Gasteiger partial charge in [-0.2, -0.15) is 0 Å². The zero-order chi connectivity index (χ0) is 44.3. The van der Waals surface area contributed by atoms with Crippen LogP contribution in [0.15, 0.2) is 48.5 Å². The maximum Gasteiger partial charge on any atom is 0.407 e. The van der Waals surface area contributed by atoms with Crippen molar-refractivity contribution in [3.05, 3.63) is 65.2 Å². The molecular weight excluding hydrogens is 781 g/mol. The fraction of sp³-hybridized carbons (Fsp3) is 0.522. The van der Waals surface area contributed by atoms with E-state index in [9.17, 15) is 33.6 Å². The number of anilines is 2. The maximum absolute atomic E-state index is 13.2. The number of unbranched alkanes of at least 4 members (excludes halogenated alkanes) is 5. The highest BCUT2D eigenvalue weighted by molar-refractivity contribution is 6.01. The number of imide groups is 1. The number of aryl methyl sites for hydroxylation is 2. The lowest BCUT2D eigenvalue weighted by molar-refractivity contribution is -0.197. The Kier molecular flexibility index (Phi) is 19.1. The molecule has 1 aliphatic rings. The number of hydrogen-bond donors (Lipinski definition) is 4. The van der Waals surface area contributed by atoms with Crippen LogP contribution in [0.1, 0.15) is 128 Å². The highest BCUT2D eigenvalue weighted by Crippen LogP contribution is 2.25. The summed E-state index contributed by atoms with van der Waals surface area (Å²) in [6.45, 7) is 7.98. The molecule has 5 N–H and O–H groups in total. The van der Waals surface area contributed by atoms with Crippen molar-refractivity contribution in [3.8, 4) is 0 Å². The summed E-state index contributed by atoms with van der Waals surface area (Å²) in [4.78, 5) is 95.8. The van der Waals surface area contributed by atoms with Crippen molar-refractivity contribution < 1.29 is 43.1 Å². The first kappa shape index (κ1) is 47.8. The van der Waals surface area contributed by atoms with Gasteiger partial charge in [0.2, 0.25) is 11.8 Å². The average Bonchev–Trinajstić information content (AvgIpc) is 3.54. The summed E-state index contributed by atoms with van der Waals surface area (Å²) in [5.41, 5.74) is 10.8. The topological polar surface area (TPSA) is 216 Å². The van der Waals surface area contributed by atoms with Gasteiger partial charge >= 0.3 is 12.1 Å². The Balaban J connectivity index is 1.09. The molecule has 0 aliphatic carbocycles. The number of nitrogens with two attached hydrogens (primary N) is 1. The molecule has 0 spiro atoms. The van der Waals surface area contributed by atoms with Crippen LogP contribution in [0.25, 0.3) is 10.9 Å². The number of amides is 5. The van der Waals surface area contributed by atoms with Crippen LogP contribution in [0.2, 0.25) is 0 Å². The molecule has 0 bridgehead atoms. The molecule has 1 aromatic heterocycles. The van der Waals surface area contributed by atoms with Gasteiger partial charge in [-0.3, -0.25) is 24.0 Å². The number of Topliss-reactive ketones (excluding diaryl/α,β-unsaturated/α-hetero) is 1. The number of hydrogen-bond acceptors (Lipinski definition) is 11. The smallest absolute Gasteiger partial charge is 0.407 e. The summed E-state index contributed by atoms with van der Waals surface area (Å²) in [5.74, 6) is -3.16. The Morgan fingerprint density at radius 3 is 2.23 bits per heavy atom. The normalized spacial score (nSPS) is 13.6. The zero-order valence-corrected chi connectivity index (χ0v) is 36.0. The van der Waals surface area contributed by atoms with Crippen molar-refractivity contribution in [2.75, 3.05) is 17.6 Å². The minimum atomic E-state index is -0.801. The van der Waals surface area contributed by atoms with Gasteiger partial charge in [0, 0.05) is 55.6 Å². The van der Waals surface area contributed by atoms with Crippen LogP contribution in [0.3, 0.4) is 0 Å². The first-order chi connectivity index (χ1) is 29.2. The second-order valence-corrected chi connectivity index (χ2v) is 16.1. The molecule has 1 fully saturated rings. The second-order valence-electron chi connectivity index (χ2n) is 16.1. The molecule has 61 heavy (non-hydrogen) atoms. The van der Waals surface area contributed by atoms with Crippen LogP contribution >= 0.6 is 0 Å². The van der Waals surface area contributed by atoms with E-state index in [4.69, 9.17) is 15.3 Å². The SMILES string of the molecule is CCCCCc1cc2c(CCCCCNC(=O)OCc3ccc(NC(=O)[C@H](C)CC(=O)[C@@H](NC(=O)CCCCC(=O)ON4C(=O)CCC4=O)C(C)C)cc3)cccc2nc1N. The molecule has 5 amide bonds. The standard InChI is InChI=1S/C46H62N6O9/c1-5-6-8-15-34-28-36-33(16-13-17-37(36)50-44(34)47)14-9-7-12-26-48-46(59)60-29-32-20-22-35(23-21-32)49-45(58)31(4)27-38(53)43(30(2)3)51-39(54)18-10-11-19-42(57)61-52-40(55)24-25-41(52)56/h13,16-17,20-23,28,30-31,43H,5-12,14-15,18-19,24-27,29H2,1-4H3,(H2,47,50)(H,48,59)(H,49,58)(H,51,54)/t31-,43+/m1/s1. The number of carbonyl (C=O) groups excluding carboxylic acids is 7. The Morgan fingerprint density at radius 1 is 0.836 bits per heavy atom. The number of nitrogen functional groups attached to an aromatic ring is 1. The molecule has 1 aliphatic heterocycles. The van der Waals surface area contributed by atoms with E-state index >= 15 is 0 Å². The van der Waals surface area contributed by atoms with E-state index < -0.39 is 35.8 Å². The molecule has 2 heterocycles. The van der Waals surface area contributed by atoms with Crippen LogP contribution in [0, 0.1) is 11.8 Å². The van der Waals surface area contributed by atoms with Gasteiger partial charge in [0.1, 0.15) is 12.4 Å². The van der Waals surface area contributed by atoms with Crippen molar-refractivity contribution in [3.63, 3.8) is 0 Å². The van der Waals surface area contributed by atoms with Gasteiger partial charge in [0.15, 0.2) is 5.78 Å². The molecule has 0 saturated carbocycles. The lowest BCUT2D eigenvalue weighted by Crippen LogP contribution is -2.45. The Labute approximate surface area is 358 Å². The first-order valence-corrected chi connectivity index (χ1v) is 21.6. The predicted molar refractivity (Wildman–Crippen MR) is 231 cm³/mol. The quantitative estimate of drug-likeness (QED) is 0.0502. The minimum Gasteiger partial charge on any atom is -0.445 e. The van der Waals surface area contributed by atoms with E-state index in [1.54, 1.807) is 45.0 Å². The number of ketones is 1. The number of carbonyl (C=O) groups is 7. The van der Waals surface area contributed by atoms with Crippen LogP contribution < -0.4 is 21.7 Å². The van der Waals surface area contributed by atoms with Gasteiger partial charge in [-0.25, -0.2) is 14.6 Å². The van der Waals surface area contributed by atoms with Crippen LogP contribution in [0.5, 0.6) is 0 Å². The third kappa shape index (κ3) is 15.6. The molecule has 2 aromatic carbocycles. The lowest BCUT2D eigenvalue weighted by atomic mass is 9.92. The number of nitrogens with one attached hydrogen (secondary N) is 3. The van der Waals surface area contributed by atoms with Crippen LogP contribution in [-0.4, -0.2) is 64.1 Å². The van der Waals surface area contributed by atoms with Crippen LogP contribution in [0.4, 0.5) is 16.3 Å². The van der Waals surface area contributed by atoms with Crippen molar-refractivity contribution in [2.24, 2.45) is 11.8 Å². The van der Waals surface area contributed by atoms with Crippen LogP contribution in [-0.2, 0) is 57.8 Å². The third-order valence-corrected chi connectivity index (χ3v) is 10.6. The summed E-state index contributed by atoms with van der Waals surface area (Å²) < 4.78 is 5.38. The summed E-state index contributed by atoms with van der Waals surface area (Å²) in [6.07, 6.45) is 8.01. The Bertz CT molecular complexity index is 1980. The molecule has 1 saturated heterocycles. The summed E-state index contributed by atoms with van der Waals surface area (Å²) in [7, 11) is 0. The number of rotatable bonds is 25. The summed E-state index contributed by atoms with van der Waals surface area (Å²) >= 11 is 0. The fourth-order valence-electron chi connectivity index (χ4n) is 7.00. The van der Waals surface area contributed by atoms with E-state index in [0.717, 1.165) is 67.0 Å². The van der Waals surface area contributed by atoms with Crippen molar-refractivity contribution >= 4 is 63.9 Å². The van der Waals surface area contributed by atoms with Gasteiger partial charge < -0.3 is 31.3 Å². The van der Waals surface area contributed by atoms with Gasteiger partial charge in [-0.15, -0.1) is 5.06 Å². The minimum absolute atomic E-state index is 0.00641. The van der Waals surface area contributed by atoms with Gasteiger partial charge in [-0.05, 0) is 91.8 Å². The fourth-order valence-corrected chi connectivity index (χ4v) is 7.00. The largest absolute Gasteiger partial charge is 0.445 e. The molecule has 3 aromatic rings. The molecule has 15 nitrogen and oxygen atoms in total. The number of hydroxylamine groups is 2. The molecule has 2 atom stereocenters. The number of aromatic nitrogens is 1. The number of pyridine rings is 1. The van der Waals surface area contributed by atoms with Crippen molar-refractivity contribution in [1.82, 2.24) is 20.7 Å². The molecule has 15 heteroatoms. The third-order valence-electron chi connectivity index (χ3n) is 10.6. The molecule has 330 valence electrons. The molecule has 4 rings (SSSR count). The van der Waals surface area contributed by atoms with Gasteiger partial charge in [-0.1, -0.05) is 71.2 Å². The lowest BCUT2D eigenvalue weighted by Gasteiger charge is -2.23. The van der Waals surface area contributed by atoms with E-state index in [1.807, 2.05) is 12.1 Å². The van der Waals surface area contributed by atoms with E-state index in [2.05, 4.69) is 40.0 Å². The van der Waals surface area contributed by atoms with E-state index in [0.29, 0.717) is 29.5 Å². The maximum atomic E-state index is 13.2. The first-order valence-electron chi connectivity index (χ1n) is 21.6. The highest BCUT2D eigenvalue weighted by atomic mass is 16.7. The Morgan fingerprint density at radius 2 is 1.52 bits per heavy atom. The molecular formula is C46H62N6O9. The van der Waals surface area contributed by atoms with Crippen molar-refractivity contribution in [2.45, 2.75) is 137 Å². The summed E-state index contributed by atoms with van der Waals surface area (Å²) in [6, 6.07) is 14.5. The van der Waals surface area contributed by atoms with E-state index in [1.165, 1.54) is 12.0 Å². The average molecular weight is 843 g/mol. The van der Waals surface area contributed by atoms with Crippen molar-refractivity contribution in [1.29, 1.82) is 0 Å². The molecule has 0 unspecified atom stereocenters. The highest BCUT2D eigenvalue weighted by Gasteiger charge is 2.33. The van der Waals surface area contributed by atoms with Gasteiger partial charge in [0.25, 0.3) is 11.8 Å². The van der Waals surface area contributed by atoms with Gasteiger partial charge in [0.05, 0.1) is 11.6 Å². The number of benzene rings is 2. The number of fused-ring (bicyclic) bond motifs is 1.